The number of carbonyl (C=O) groups excluding carboxylic acids is 1. The molecule has 5 nitrogen and oxygen atoms in total. The van der Waals surface area contributed by atoms with Crippen LogP contribution in [0.25, 0.3) is 0 Å². The molecule has 0 unspecified atom stereocenters. The van der Waals surface area contributed by atoms with Gasteiger partial charge in [0.25, 0.3) is 5.91 Å². The van der Waals surface area contributed by atoms with Crippen LogP contribution in [0.1, 0.15) is 16.1 Å². The van der Waals surface area contributed by atoms with Gasteiger partial charge in [0.05, 0.1) is 26.2 Å². The molecule has 0 saturated heterocycles. The molecule has 0 atom stereocenters. The van der Waals surface area contributed by atoms with Gasteiger partial charge in [0.1, 0.15) is 11.5 Å². The Hall–Kier alpha value is -2.43. The zero-order valence-electron chi connectivity index (χ0n) is 11.0. The van der Waals surface area contributed by atoms with E-state index >= 15 is 0 Å². The van der Waals surface area contributed by atoms with E-state index in [1.54, 1.807) is 31.4 Å². The Labute approximate surface area is 111 Å². The van der Waals surface area contributed by atoms with Crippen molar-refractivity contribution in [1.82, 2.24) is 0 Å². The summed E-state index contributed by atoms with van der Waals surface area (Å²) >= 11 is 0. The highest BCUT2D eigenvalue weighted by Crippen LogP contribution is 2.29. The summed E-state index contributed by atoms with van der Waals surface area (Å²) in [4.78, 5) is 12.0. The minimum Gasteiger partial charge on any atom is -0.497 e. The lowest BCUT2D eigenvalue weighted by atomic mass is 10.2. The number of ether oxygens (including phenoxy) is 2. The molecular weight excluding hydrogens is 246 g/mol. The van der Waals surface area contributed by atoms with Gasteiger partial charge in [-0.3, -0.25) is 4.79 Å². The highest BCUT2D eigenvalue weighted by molar-refractivity contribution is 6.03. The van der Waals surface area contributed by atoms with E-state index < -0.39 is 0 Å². The van der Waals surface area contributed by atoms with Gasteiger partial charge < -0.3 is 19.2 Å². The molecule has 0 saturated carbocycles. The summed E-state index contributed by atoms with van der Waals surface area (Å²) in [5.74, 6) is 1.12. The van der Waals surface area contributed by atoms with Gasteiger partial charge in [0.15, 0.2) is 5.76 Å². The summed E-state index contributed by atoms with van der Waals surface area (Å²) in [6, 6.07) is 6.82. The van der Waals surface area contributed by atoms with Crippen molar-refractivity contribution < 1.29 is 18.7 Å². The Kier molecular flexibility index (Phi) is 3.75. The lowest BCUT2D eigenvalue weighted by Crippen LogP contribution is -2.11. The molecule has 1 N–H and O–H groups in total. The van der Waals surface area contributed by atoms with Crippen LogP contribution in [0, 0.1) is 6.92 Å². The molecule has 0 radical (unpaired) electrons. The number of methoxy groups -OCH3 is 2. The SMILES string of the molecule is COc1ccc(NC(=O)c2cc(C)co2)c(OC)c1. The second kappa shape index (κ2) is 5.48. The first-order valence-electron chi connectivity index (χ1n) is 5.72. The van der Waals surface area contributed by atoms with Crippen LogP contribution in [0.4, 0.5) is 5.69 Å². The van der Waals surface area contributed by atoms with Gasteiger partial charge in [-0.2, -0.15) is 0 Å². The van der Waals surface area contributed by atoms with Crippen molar-refractivity contribution in [2.24, 2.45) is 0 Å². The van der Waals surface area contributed by atoms with Crippen LogP contribution < -0.4 is 14.8 Å². The Morgan fingerprint density at radius 1 is 1.21 bits per heavy atom. The van der Waals surface area contributed by atoms with Gasteiger partial charge in [-0.15, -0.1) is 0 Å². The summed E-state index contributed by atoms with van der Waals surface area (Å²) in [5.41, 5.74) is 1.45. The van der Waals surface area contributed by atoms with Crippen molar-refractivity contribution in [3.8, 4) is 11.5 Å². The smallest absolute Gasteiger partial charge is 0.291 e. The summed E-state index contributed by atoms with van der Waals surface area (Å²) in [5, 5.41) is 2.73. The Balaban J connectivity index is 2.21. The number of benzene rings is 1. The van der Waals surface area contributed by atoms with Crippen LogP contribution in [0.3, 0.4) is 0 Å². The number of aryl methyl sites for hydroxylation is 1. The normalized spacial score (nSPS) is 10.1. The van der Waals surface area contributed by atoms with E-state index in [-0.39, 0.29) is 11.7 Å². The molecule has 19 heavy (non-hydrogen) atoms. The van der Waals surface area contributed by atoms with Crippen LogP contribution in [0.5, 0.6) is 11.5 Å². The summed E-state index contributed by atoms with van der Waals surface area (Å²) in [6.45, 7) is 1.86. The molecule has 2 aromatic rings. The minimum atomic E-state index is -0.323. The second-order valence-electron chi connectivity index (χ2n) is 4.01. The predicted octanol–water partition coefficient (Wildman–Crippen LogP) is 2.86. The summed E-state index contributed by atoms with van der Waals surface area (Å²) in [7, 11) is 3.10. The molecule has 5 heteroatoms. The number of anilines is 1. The van der Waals surface area contributed by atoms with Crippen molar-refractivity contribution in [3.05, 3.63) is 41.9 Å². The maximum atomic E-state index is 12.0. The fourth-order valence-electron chi connectivity index (χ4n) is 1.64. The highest BCUT2D eigenvalue weighted by atomic mass is 16.5. The maximum Gasteiger partial charge on any atom is 0.291 e. The molecule has 1 aromatic heterocycles. The first-order chi connectivity index (χ1) is 9.13. The molecule has 0 bridgehead atoms. The molecule has 0 aliphatic carbocycles. The Morgan fingerprint density at radius 3 is 2.58 bits per heavy atom. The minimum absolute atomic E-state index is 0.260. The van der Waals surface area contributed by atoms with Gasteiger partial charge in [-0.05, 0) is 30.7 Å². The molecule has 0 fully saturated rings. The third-order valence-electron chi connectivity index (χ3n) is 2.61. The molecular formula is C14H15NO4. The molecule has 0 aliphatic heterocycles. The van der Waals surface area contributed by atoms with Crippen molar-refractivity contribution in [3.63, 3.8) is 0 Å². The predicted molar refractivity (Wildman–Crippen MR) is 70.9 cm³/mol. The van der Waals surface area contributed by atoms with Crippen molar-refractivity contribution in [2.45, 2.75) is 6.92 Å². The highest BCUT2D eigenvalue weighted by Gasteiger charge is 2.13. The van der Waals surface area contributed by atoms with Crippen molar-refractivity contribution in [2.75, 3.05) is 19.5 Å². The van der Waals surface area contributed by atoms with Gasteiger partial charge in [0, 0.05) is 6.07 Å². The molecule has 1 heterocycles. The molecule has 1 aromatic carbocycles. The molecule has 0 aliphatic rings. The average Bonchev–Trinajstić information content (AvgIpc) is 2.86. The molecule has 0 spiro atoms. The van der Waals surface area contributed by atoms with Gasteiger partial charge in [-0.1, -0.05) is 0 Å². The number of carbonyl (C=O) groups is 1. The number of amides is 1. The maximum absolute atomic E-state index is 12.0. The number of furan rings is 1. The van der Waals surface area contributed by atoms with Crippen LogP contribution in [-0.4, -0.2) is 20.1 Å². The molecule has 1 amide bonds. The first-order valence-corrected chi connectivity index (χ1v) is 5.72. The summed E-state index contributed by atoms with van der Waals surface area (Å²) in [6.07, 6.45) is 1.53. The van der Waals surface area contributed by atoms with Crippen LogP contribution in [0.2, 0.25) is 0 Å². The van der Waals surface area contributed by atoms with E-state index in [4.69, 9.17) is 13.9 Å². The van der Waals surface area contributed by atoms with E-state index in [9.17, 15) is 4.79 Å². The monoisotopic (exact) mass is 261 g/mol. The lowest BCUT2D eigenvalue weighted by molar-refractivity contribution is 0.0996. The number of hydrogen-bond donors (Lipinski definition) is 1. The van der Waals surface area contributed by atoms with E-state index in [0.29, 0.717) is 17.2 Å². The zero-order chi connectivity index (χ0) is 13.8. The number of nitrogens with one attached hydrogen (secondary N) is 1. The Bertz CT molecular complexity index is 589. The van der Waals surface area contributed by atoms with Gasteiger partial charge in [-0.25, -0.2) is 0 Å². The fourth-order valence-corrected chi connectivity index (χ4v) is 1.64. The standard InChI is InChI=1S/C14H15NO4/c1-9-6-13(19-8-9)14(16)15-11-5-4-10(17-2)7-12(11)18-3/h4-8H,1-3H3,(H,15,16). The van der Waals surface area contributed by atoms with E-state index in [0.717, 1.165) is 5.56 Å². The first kappa shape index (κ1) is 13.0. The number of rotatable bonds is 4. The van der Waals surface area contributed by atoms with Gasteiger partial charge >= 0.3 is 0 Å². The lowest BCUT2D eigenvalue weighted by Gasteiger charge is -2.10. The van der Waals surface area contributed by atoms with Crippen LogP contribution in [-0.2, 0) is 0 Å². The quantitative estimate of drug-likeness (QED) is 0.919. The zero-order valence-corrected chi connectivity index (χ0v) is 11.0. The largest absolute Gasteiger partial charge is 0.497 e. The fraction of sp³-hybridized carbons (Fsp3) is 0.214. The number of hydrogen-bond acceptors (Lipinski definition) is 4. The Morgan fingerprint density at radius 2 is 2.00 bits per heavy atom. The average molecular weight is 261 g/mol. The van der Waals surface area contributed by atoms with Gasteiger partial charge in [0.2, 0.25) is 0 Å². The molecule has 100 valence electrons. The van der Waals surface area contributed by atoms with Crippen molar-refractivity contribution >= 4 is 11.6 Å². The van der Waals surface area contributed by atoms with Crippen molar-refractivity contribution in [1.29, 1.82) is 0 Å². The van der Waals surface area contributed by atoms with E-state index in [1.807, 2.05) is 6.92 Å². The van der Waals surface area contributed by atoms with E-state index in [2.05, 4.69) is 5.32 Å². The van der Waals surface area contributed by atoms with Crippen LogP contribution in [0.15, 0.2) is 34.9 Å². The second-order valence-corrected chi connectivity index (χ2v) is 4.01. The third kappa shape index (κ3) is 2.88. The third-order valence-corrected chi connectivity index (χ3v) is 2.61. The summed E-state index contributed by atoms with van der Waals surface area (Å²) < 4.78 is 15.4. The topological polar surface area (TPSA) is 60.7 Å². The van der Waals surface area contributed by atoms with Crippen LogP contribution >= 0.6 is 0 Å². The van der Waals surface area contributed by atoms with E-state index in [1.165, 1.54) is 13.4 Å². The molecule has 2 rings (SSSR count).